The number of likely N-dealkylation sites (tertiary alicyclic amines) is 1. The van der Waals surface area contributed by atoms with Crippen molar-refractivity contribution < 1.29 is 9.53 Å². The molecule has 2 atom stereocenters. The van der Waals surface area contributed by atoms with E-state index >= 15 is 0 Å². The summed E-state index contributed by atoms with van der Waals surface area (Å²) in [5, 5.41) is 3.37. The minimum atomic E-state index is 0. The molecule has 1 unspecified atom stereocenters. The predicted molar refractivity (Wildman–Crippen MR) is 87.5 cm³/mol. The summed E-state index contributed by atoms with van der Waals surface area (Å²) in [4.78, 5) is 17.0. The van der Waals surface area contributed by atoms with Crippen LogP contribution < -0.4 is 5.32 Å². The van der Waals surface area contributed by atoms with Crippen LogP contribution in [0.15, 0.2) is 0 Å². The third-order valence-electron chi connectivity index (χ3n) is 4.65. The van der Waals surface area contributed by atoms with Gasteiger partial charge in [0.25, 0.3) is 0 Å². The first-order valence-electron chi connectivity index (χ1n) is 7.68. The van der Waals surface area contributed by atoms with E-state index in [-0.39, 0.29) is 30.9 Å². The van der Waals surface area contributed by atoms with Crippen molar-refractivity contribution in [3.8, 4) is 0 Å². The topological polar surface area (TPSA) is 44.8 Å². The Morgan fingerprint density at radius 3 is 2.48 bits per heavy atom. The minimum absolute atomic E-state index is 0. The molecule has 3 aliphatic heterocycles. The number of hydrogen-bond donors (Lipinski definition) is 1. The number of nitrogens with zero attached hydrogens (tertiary/aromatic N) is 2. The Hall–Kier alpha value is -0.0700. The third kappa shape index (κ3) is 4.70. The lowest BCUT2D eigenvalue weighted by atomic mass is 10.0. The number of halogens is 2. The summed E-state index contributed by atoms with van der Waals surface area (Å²) >= 11 is 0. The molecule has 0 spiro atoms. The van der Waals surface area contributed by atoms with E-state index in [9.17, 15) is 4.79 Å². The van der Waals surface area contributed by atoms with Gasteiger partial charge in [-0.15, -0.1) is 24.8 Å². The first-order valence-corrected chi connectivity index (χ1v) is 7.68. The lowest BCUT2D eigenvalue weighted by Gasteiger charge is -2.32. The number of ether oxygens (including phenoxy) is 1. The molecule has 3 aliphatic rings. The number of hydrogen-bond acceptors (Lipinski definition) is 4. The van der Waals surface area contributed by atoms with Crippen LogP contribution in [0.1, 0.15) is 25.7 Å². The van der Waals surface area contributed by atoms with Crippen molar-refractivity contribution >= 4 is 30.7 Å². The monoisotopic (exact) mass is 339 g/mol. The van der Waals surface area contributed by atoms with Crippen LogP contribution in [-0.4, -0.2) is 73.7 Å². The maximum atomic E-state index is 12.4. The average Bonchev–Trinajstić information content (AvgIpc) is 2.98. The van der Waals surface area contributed by atoms with Crippen LogP contribution in [0.4, 0.5) is 0 Å². The molecule has 3 heterocycles. The normalized spacial score (nSPS) is 30.4. The van der Waals surface area contributed by atoms with Gasteiger partial charge in [-0.1, -0.05) is 6.42 Å². The SMILES string of the molecule is Cl.Cl.O=C([C@@H]1CCCCN1)N1CCC(N2CCOCC2)C1. The molecule has 0 saturated carbocycles. The maximum absolute atomic E-state index is 12.4. The number of carbonyl (C=O) groups is 1. The second-order valence-electron chi connectivity index (χ2n) is 5.88. The van der Waals surface area contributed by atoms with Gasteiger partial charge in [0, 0.05) is 32.2 Å². The van der Waals surface area contributed by atoms with Gasteiger partial charge < -0.3 is 15.0 Å². The second-order valence-corrected chi connectivity index (χ2v) is 5.88. The van der Waals surface area contributed by atoms with E-state index in [4.69, 9.17) is 4.74 Å². The highest BCUT2D eigenvalue weighted by atomic mass is 35.5. The smallest absolute Gasteiger partial charge is 0.239 e. The van der Waals surface area contributed by atoms with Gasteiger partial charge in [-0.25, -0.2) is 0 Å². The third-order valence-corrected chi connectivity index (χ3v) is 4.65. The highest BCUT2D eigenvalue weighted by Gasteiger charge is 2.34. The highest BCUT2D eigenvalue weighted by molar-refractivity contribution is 5.85. The fourth-order valence-electron chi connectivity index (χ4n) is 3.47. The fraction of sp³-hybridized carbons (Fsp3) is 0.929. The van der Waals surface area contributed by atoms with E-state index in [1.54, 1.807) is 0 Å². The molecule has 0 bridgehead atoms. The summed E-state index contributed by atoms with van der Waals surface area (Å²) in [6.07, 6.45) is 4.53. The molecule has 0 aromatic carbocycles. The van der Waals surface area contributed by atoms with Gasteiger partial charge in [0.05, 0.1) is 19.3 Å². The molecule has 7 heteroatoms. The van der Waals surface area contributed by atoms with Crippen LogP contribution in [0.3, 0.4) is 0 Å². The molecule has 124 valence electrons. The first-order chi connectivity index (χ1) is 9.34. The predicted octanol–water partition coefficient (Wildman–Crippen LogP) is 0.905. The maximum Gasteiger partial charge on any atom is 0.239 e. The fourth-order valence-corrected chi connectivity index (χ4v) is 3.47. The molecule has 1 amide bonds. The van der Waals surface area contributed by atoms with Gasteiger partial charge in [-0.05, 0) is 25.8 Å². The Morgan fingerprint density at radius 1 is 1.05 bits per heavy atom. The molecular weight excluding hydrogens is 313 g/mol. The molecular formula is C14H27Cl2N3O2. The van der Waals surface area contributed by atoms with Gasteiger partial charge in [-0.3, -0.25) is 9.69 Å². The molecule has 3 rings (SSSR count). The van der Waals surface area contributed by atoms with Crippen molar-refractivity contribution in [2.24, 2.45) is 0 Å². The summed E-state index contributed by atoms with van der Waals surface area (Å²) in [5.74, 6) is 0.329. The van der Waals surface area contributed by atoms with Crippen molar-refractivity contribution in [3.05, 3.63) is 0 Å². The number of piperidine rings is 1. The van der Waals surface area contributed by atoms with Crippen molar-refractivity contribution in [3.63, 3.8) is 0 Å². The molecule has 21 heavy (non-hydrogen) atoms. The van der Waals surface area contributed by atoms with E-state index in [1.165, 1.54) is 12.8 Å². The number of amides is 1. The molecule has 0 aliphatic carbocycles. The van der Waals surface area contributed by atoms with Gasteiger partial charge >= 0.3 is 0 Å². The average molecular weight is 340 g/mol. The van der Waals surface area contributed by atoms with Crippen LogP contribution >= 0.6 is 24.8 Å². The lowest BCUT2D eigenvalue weighted by Crippen LogP contribution is -2.49. The van der Waals surface area contributed by atoms with Crippen molar-refractivity contribution in [1.82, 2.24) is 15.1 Å². The van der Waals surface area contributed by atoms with Crippen LogP contribution in [0.2, 0.25) is 0 Å². The van der Waals surface area contributed by atoms with E-state index in [1.807, 2.05) is 0 Å². The van der Waals surface area contributed by atoms with Crippen molar-refractivity contribution in [1.29, 1.82) is 0 Å². The van der Waals surface area contributed by atoms with Crippen molar-refractivity contribution in [2.75, 3.05) is 45.9 Å². The Kier molecular flexibility index (Phi) is 8.27. The quantitative estimate of drug-likeness (QED) is 0.812. The lowest BCUT2D eigenvalue weighted by molar-refractivity contribution is -0.133. The summed E-state index contributed by atoms with van der Waals surface area (Å²) in [5.41, 5.74) is 0. The number of nitrogens with one attached hydrogen (secondary N) is 1. The van der Waals surface area contributed by atoms with Crippen molar-refractivity contribution in [2.45, 2.75) is 37.8 Å². The molecule has 0 radical (unpaired) electrons. The molecule has 5 nitrogen and oxygen atoms in total. The summed E-state index contributed by atoms with van der Waals surface area (Å²) in [6, 6.07) is 0.633. The van der Waals surface area contributed by atoms with Crippen LogP contribution in [0.25, 0.3) is 0 Å². The zero-order valence-electron chi connectivity index (χ0n) is 12.5. The van der Waals surface area contributed by atoms with Crippen LogP contribution in [0, 0.1) is 0 Å². The largest absolute Gasteiger partial charge is 0.379 e. The number of rotatable bonds is 2. The minimum Gasteiger partial charge on any atom is -0.379 e. The summed E-state index contributed by atoms with van der Waals surface area (Å²) in [7, 11) is 0. The molecule has 0 aromatic heterocycles. The highest BCUT2D eigenvalue weighted by Crippen LogP contribution is 2.19. The van der Waals surface area contributed by atoms with Gasteiger partial charge in [0.1, 0.15) is 0 Å². The second kappa shape index (κ2) is 9.16. The first kappa shape index (κ1) is 19.0. The van der Waals surface area contributed by atoms with E-state index in [2.05, 4.69) is 15.1 Å². The summed E-state index contributed by atoms with van der Waals surface area (Å²) < 4.78 is 5.40. The Labute approximate surface area is 139 Å². The Morgan fingerprint density at radius 2 is 1.81 bits per heavy atom. The molecule has 3 saturated heterocycles. The summed E-state index contributed by atoms with van der Waals surface area (Å²) in [6.45, 7) is 6.57. The van der Waals surface area contributed by atoms with Gasteiger partial charge in [-0.2, -0.15) is 0 Å². The van der Waals surface area contributed by atoms with Gasteiger partial charge in [0.15, 0.2) is 0 Å². The zero-order valence-corrected chi connectivity index (χ0v) is 14.1. The molecule has 3 fully saturated rings. The molecule has 1 N–H and O–H groups in total. The number of morpholine rings is 1. The van der Waals surface area contributed by atoms with E-state index in [0.29, 0.717) is 11.9 Å². The zero-order chi connectivity index (χ0) is 13.1. The van der Waals surface area contributed by atoms with Crippen LogP contribution in [0.5, 0.6) is 0 Å². The Bertz CT molecular complexity index is 321. The number of carbonyl (C=O) groups excluding carboxylic acids is 1. The van der Waals surface area contributed by atoms with E-state index in [0.717, 1.165) is 58.8 Å². The Balaban J connectivity index is 0.00000110. The standard InChI is InChI=1S/C14H25N3O2.2ClH/c18-14(13-3-1-2-5-15-13)17-6-4-12(11-17)16-7-9-19-10-8-16;;/h12-13,15H,1-11H2;2*1H/t12?,13-;;/m0../s1. The van der Waals surface area contributed by atoms with E-state index < -0.39 is 0 Å². The van der Waals surface area contributed by atoms with Crippen LogP contribution in [-0.2, 0) is 9.53 Å². The van der Waals surface area contributed by atoms with Gasteiger partial charge in [0.2, 0.25) is 5.91 Å². The molecule has 0 aromatic rings.